The molecule has 0 aliphatic carbocycles. The van der Waals surface area contributed by atoms with E-state index < -0.39 is 0 Å². The van der Waals surface area contributed by atoms with Gasteiger partial charge in [-0.05, 0) is 12.1 Å². The van der Waals surface area contributed by atoms with Gasteiger partial charge < -0.3 is 10.6 Å². The van der Waals surface area contributed by atoms with Crippen LogP contribution in [0.2, 0.25) is 0 Å². The summed E-state index contributed by atoms with van der Waals surface area (Å²) in [5.41, 5.74) is 4.85. The maximum atomic E-state index is 12.0. The first-order chi connectivity index (χ1) is 11.8. The van der Waals surface area contributed by atoms with Crippen LogP contribution in [0.15, 0.2) is 36.4 Å². The van der Waals surface area contributed by atoms with E-state index in [0.29, 0.717) is 13.1 Å². The number of hydrogen-bond donors (Lipinski definition) is 4. The lowest BCUT2D eigenvalue weighted by molar-refractivity contribution is 0.240. The monoisotopic (exact) mass is 322 g/mol. The van der Waals surface area contributed by atoms with Gasteiger partial charge in [0.2, 0.25) is 0 Å². The van der Waals surface area contributed by atoms with E-state index in [2.05, 4.69) is 41.5 Å². The summed E-state index contributed by atoms with van der Waals surface area (Å²) in [7, 11) is 0. The van der Waals surface area contributed by atoms with Crippen LogP contribution in [0.1, 0.15) is 11.1 Å². The average molecular weight is 322 g/mol. The highest BCUT2D eigenvalue weighted by molar-refractivity contribution is 5.80. The number of benzene rings is 2. The summed E-state index contributed by atoms with van der Waals surface area (Å²) in [6.45, 7) is 0.730. The minimum absolute atomic E-state index is 0.268. The third-order valence-corrected chi connectivity index (χ3v) is 3.74. The van der Waals surface area contributed by atoms with Crippen molar-refractivity contribution in [2.24, 2.45) is 0 Å². The molecule has 4 aromatic rings. The lowest BCUT2D eigenvalue weighted by atomic mass is 10.2. The summed E-state index contributed by atoms with van der Waals surface area (Å²) in [6.07, 6.45) is 0. The molecule has 0 radical (unpaired) electrons. The fraction of sp³-hybridized carbons (Fsp3) is 0.133. The molecule has 24 heavy (non-hydrogen) atoms. The highest BCUT2D eigenvalue weighted by Crippen LogP contribution is 2.14. The van der Waals surface area contributed by atoms with Gasteiger partial charge >= 0.3 is 6.03 Å². The van der Waals surface area contributed by atoms with E-state index in [4.69, 9.17) is 0 Å². The van der Waals surface area contributed by atoms with Crippen LogP contribution < -0.4 is 10.6 Å². The number of nitrogens with zero attached hydrogens (tertiary/aromatic N) is 4. The van der Waals surface area contributed by atoms with Crippen LogP contribution in [0, 0.1) is 0 Å². The second kappa shape index (κ2) is 5.95. The highest BCUT2D eigenvalue weighted by atomic mass is 16.2. The molecule has 4 rings (SSSR count). The first-order valence-electron chi connectivity index (χ1n) is 7.40. The molecule has 9 nitrogen and oxygen atoms in total. The minimum Gasteiger partial charge on any atom is -0.334 e. The lowest BCUT2D eigenvalue weighted by Crippen LogP contribution is -2.34. The molecule has 2 heterocycles. The van der Waals surface area contributed by atoms with E-state index >= 15 is 0 Å². The summed E-state index contributed by atoms with van der Waals surface area (Å²) < 4.78 is 0. The summed E-state index contributed by atoms with van der Waals surface area (Å²) in [4.78, 5) is 12.0. The molecule has 0 aliphatic heterocycles. The Morgan fingerprint density at radius 3 is 1.79 bits per heavy atom. The number of rotatable bonds is 4. The second-order valence-electron chi connectivity index (χ2n) is 5.25. The van der Waals surface area contributed by atoms with Gasteiger partial charge in [0.15, 0.2) is 0 Å². The SMILES string of the molecule is O=C(NCc1cccc2n[nH]nc12)NCc1cccc2n[nH]nc12. The summed E-state index contributed by atoms with van der Waals surface area (Å²) in [5.74, 6) is 0. The van der Waals surface area contributed by atoms with Crippen molar-refractivity contribution in [2.45, 2.75) is 13.1 Å². The summed E-state index contributed by atoms with van der Waals surface area (Å²) >= 11 is 0. The Labute approximate surface area is 135 Å². The number of carbonyl (C=O) groups excluding carboxylic acids is 1. The molecule has 2 aromatic carbocycles. The van der Waals surface area contributed by atoms with Crippen LogP contribution >= 0.6 is 0 Å². The first kappa shape index (κ1) is 14.1. The molecule has 2 amide bonds. The number of urea groups is 1. The number of aromatic nitrogens is 6. The number of fused-ring (bicyclic) bond motifs is 2. The molecule has 0 saturated heterocycles. The predicted octanol–water partition coefficient (Wildman–Crippen LogP) is 1.23. The maximum Gasteiger partial charge on any atom is 0.315 e. The molecule has 2 aromatic heterocycles. The maximum absolute atomic E-state index is 12.0. The van der Waals surface area contributed by atoms with Gasteiger partial charge in [0, 0.05) is 24.2 Å². The Hall–Kier alpha value is -3.49. The summed E-state index contributed by atoms with van der Waals surface area (Å²) in [5, 5.41) is 27.0. The molecule has 0 fully saturated rings. The first-order valence-corrected chi connectivity index (χ1v) is 7.40. The van der Waals surface area contributed by atoms with Crippen LogP contribution in [0.3, 0.4) is 0 Å². The molecule has 0 unspecified atom stereocenters. The van der Waals surface area contributed by atoms with Gasteiger partial charge in [-0.1, -0.05) is 24.3 Å². The third-order valence-electron chi connectivity index (χ3n) is 3.74. The van der Waals surface area contributed by atoms with Gasteiger partial charge in [-0.2, -0.15) is 30.8 Å². The number of H-pyrrole nitrogens is 2. The molecular formula is C15H14N8O. The van der Waals surface area contributed by atoms with Crippen molar-refractivity contribution < 1.29 is 4.79 Å². The molecule has 0 atom stereocenters. The molecule has 120 valence electrons. The van der Waals surface area contributed by atoms with E-state index in [9.17, 15) is 4.79 Å². The van der Waals surface area contributed by atoms with Gasteiger partial charge in [0.25, 0.3) is 0 Å². The van der Waals surface area contributed by atoms with Gasteiger partial charge in [-0.3, -0.25) is 0 Å². The highest BCUT2D eigenvalue weighted by Gasteiger charge is 2.08. The van der Waals surface area contributed by atoms with Crippen molar-refractivity contribution in [2.75, 3.05) is 0 Å². The Balaban J connectivity index is 1.39. The summed E-state index contributed by atoms with van der Waals surface area (Å²) in [6, 6.07) is 11.0. The number of carbonyl (C=O) groups is 1. The molecule has 0 aliphatic rings. The number of amides is 2. The van der Waals surface area contributed by atoms with Gasteiger partial charge in [0.05, 0.1) is 0 Å². The Morgan fingerprint density at radius 2 is 1.29 bits per heavy atom. The van der Waals surface area contributed by atoms with Gasteiger partial charge in [0.1, 0.15) is 22.1 Å². The van der Waals surface area contributed by atoms with Gasteiger partial charge in [-0.25, -0.2) is 4.79 Å². The number of para-hydroxylation sites is 2. The third kappa shape index (κ3) is 2.62. The zero-order valence-electron chi connectivity index (χ0n) is 12.6. The normalized spacial score (nSPS) is 11.0. The quantitative estimate of drug-likeness (QED) is 0.450. The predicted molar refractivity (Wildman–Crippen MR) is 86.9 cm³/mol. The molecule has 0 spiro atoms. The Bertz CT molecular complexity index is 925. The fourth-order valence-electron chi connectivity index (χ4n) is 2.55. The van der Waals surface area contributed by atoms with E-state index in [1.165, 1.54) is 0 Å². The Kier molecular flexibility index (Phi) is 3.50. The van der Waals surface area contributed by atoms with E-state index in [1.54, 1.807) is 0 Å². The van der Waals surface area contributed by atoms with Crippen LogP contribution in [-0.2, 0) is 13.1 Å². The van der Waals surface area contributed by atoms with Crippen molar-refractivity contribution in [3.8, 4) is 0 Å². The van der Waals surface area contributed by atoms with Crippen molar-refractivity contribution in [3.63, 3.8) is 0 Å². The Morgan fingerprint density at radius 1 is 0.792 bits per heavy atom. The van der Waals surface area contributed by atoms with Crippen LogP contribution in [0.5, 0.6) is 0 Å². The largest absolute Gasteiger partial charge is 0.334 e. The van der Waals surface area contributed by atoms with Crippen LogP contribution in [0.25, 0.3) is 22.1 Å². The van der Waals surface area contributed by atoms with Crippen molar-refractivity contribution >= 4 is 28.1 Å². The topological polar surface area (TPSA) is 124 Å². The van der Waals surface area contributed by atoms with Crippen LogP contribution in [0.4, 0.5) is 4.79 Å². The van der Waals surface area contributed by atoms with E-state index in [0.717, 1.165) is 33.2 Å². The number of hydrogen-bond acceptors (Lipinski definition) is 5. The zero-order valence-corrected chi connectivity index (χ0v) is 12.6. The smallest absolute Gasteiger partial charge is 0.315 e. The molecule has 0 bridgehead atoms. The number of nitrogens with one attached hydrogen (secondary N) is 4. The van der Waals surface area contributed by atoms with E-state index in [-0.39, 0.29) is 6.03 Å². The molecule has 4 N–H and O–H groups in total. The lowest BCUT2D eigenvalue weighted by Gasteiger charge is -2.08. The van der Waals surface area contributed by atoms with E-state index in [1.807, 2.05) is 36.4 Å². The molecular weight excluding hydrogens is 308 g/mol. The minimum atomic E-state index is -0.268. The molecule has 0 saturated carbocycles. The average Bonchev–Trinajstić information content (AvgIpc) is 3.26. The van der Waals surface area contributed by atoms with Crippen molar-refractivity contribution in [1.29, 1.82) is 0 Å². The standard InChI is InChI=1S/C15H14N8O/c24-15(16-7-9-3-1-5-11-13(9)20-22-18-11)17-8-10-4-2-6-12-14(10)21-23-19-12/h1-6H,7-8H2,(H2,16,17,24)(H,18,20,22)(H,19,21,23). The van der Waals surface area contributed by atoms with Crippen molar-refractivity contribution in [3.05, 3.63) is 47.5 Å². The molecule has 9 heteroatoms. The zero-order chi connectivity index (χ0) is 16.4. The van der Waals surface area contributed by atoms with Crippen LogP contribution in [-0.4, -0.2) is 36.9 Å². The van der Waals surface area contributed by atoms with Gasteiger partial charge in [-0.15, -0.1) is 0 Å². The number of aromatic amines is 2. The second-order valence-corrected chi connectivity index (χ2v) is 5.25. The fourth-order valence-corrected chi connectivity index (χ4v) is 2.55. The van der Waals surface area contributed by atoms with Crippen molar-refractivity contribution in [1.82, 2.24) is 41.5 Å².